The highest BCUT2D eigenvalue weighted by atomic mass is 27.0. The number of rotatable bonds is 0. The highest BCUT2D eigenvalue weighted by molar-refractivity contribution is 5.75. The lowest BCUT2D eigenvalue weighted by molar-refractivity contribution is -0.191. The number of carbonyl (C=O) groups excluding carboxylic acids is 2. The van der Waals surface area contributed by atoms with Crippen LogP contribution in [-0.2, 0) is 9.59 Å². The van der Waals surface area contributed by atoms with Crippen LogP contribution in [-0.4, -0.2) is 29.0 Å². The molecule has 0 aromatic carbocycles. The molecule has 0 atom stereocenters. The summed E-state index contributed by atoms with van der Waals surface area (Å²) in [7, 11) is 0. The quantitative estimate of drug-likeness (QED) is 0.308. The molecule has 0 rings (SSSR count). The minimum Gasteiger partial charge on any atom is -0.412 e. The van der Waals surface area contributed by atoms with Gasteiger partial charge in [0.15, 0.2) is 17.4 Å². The highest BCUT2D eigenvalue weighted by Crippen LogP contribution is 0.787. The lowest BCUT2D eigenvalue weighted by atomic mass is 11.8. The maximum atomic E-state index is 8.12. The van der Waals surface area contributed by atoms with Crippen molar-refractivity contribution >= 4 is 23.5 Å². The summed E-state index contributed by atoms with van der Waals surface area (Å²) in [6.45, 7) is 0. The third kappa shape index (κ3) is 835. The molecule has 0 saturated carbocycles. The normalized spacial score (nSPS) is 1.60. The molecule has 0 fully saturated rings. The SMILES string of the molecule is O.O=C=O.[AlH3]. The average Bonchev–Trinajstić information content (AvgIpc) is 0.918. The van der Waals surface area contributed by atoms with Gasteiger partial charge in [-0.1, -0.05) is 0 Å². The molecule has 0 spiro atoms. The van der Waals surface area contributed by atoms with Crippen LogP contribution < -0.4 is 0 Å². The fraction of sp³-hybridized carbons (Fsp3) is 0. The molecule has 0 radical (unpaired) electrons. The zero-order chi connectivity index (χ0) is 2.71. The van der Waals surface area contributed by atoms with Gasteiger partial charge in [0, 0.05) is 0 Å². The van der Waals surface area contributed by atoms with Crippen molar-refractivity contribution in [1.82, 2.24) is 0 Å². The fourth-order valence-electron chi connectivity index (χ4n) is 0. The summed E-state index contributed by atoms with van der Waals surface area (Å²) in [5.41, 5.74) is 0. The first-order chi connectivity index (χ1) is 1.41. The maximum Gasteiger partial charge on any atom is 0.373 e. The molecule has 3 nitrogen and oxygen atoms in total. The Kier molecular flexibility index (Phi) is 175. The molecule has 0 aliphatic heterocycles. The van der Waals surface area contributed by atoms with Crippen LogP contribution in [0, 0.1) is 0 Å². The third-order valence-corrected chi connectivity index (χ3v) is 0. The third-order valence-electron chi connectivity index (χ3n) is 0. The molecule has 0 bridgehead atoms. The van der Waals surface area contributed by atoms with Crippen molar-refractivity contribution in [2.75, 3.05) is 0 Å². The average molecular weight is 92.0 g/mol. The van der Waals surface area contributed by atoms with Crippen molar-refractivity contribution in [2.24, 2.45) is 0 Å². The monoisotopic (exact) mass is 92.0 g/mol. The Bertz CT molecular complexity index is 27.9. The van der Waals surface area contributed by atoms with Gasteiger partial charge in [0.2, 0.25) is 0 Å². The van der Waals surface area contributed by atoms with Crippen molar-refractivity contribution in [1.29, 1.82) is 0 Å². The van der Waals surface area contributed by atoms with Gasteiger partial charge in [0.05, 0.1) is 0 Å². The largest absolute Gasteiger partial charge is 0.412 e. The molecule has 0 aromatic heterocycles. The summed E-state index contributed by atoms with van der Waals surface area (Å²) in [4.78, 5) is 16.2. The molecule has 5 heavy (non-hydrogen) atoms. The van der Waals surface area contributed by atoms with Gasteiger partial charge in [-0.05, 0) is 0 Å². The Morgan fingerprint density at radius 2 is 1.20 bits per heavy atom. The van der Waals surface area contributed by atoms with Gasteiger partial charge in [-0.15, -0.1) is 0 Å². The summed E-state index contributed by atoms with van der Waals surface area (Å²) in [5.74, 6) is 0. The molecule has 0 unspecified atom stereocenters. The highest BCUT2D eigenvalue weighted by Gasteiger charge is 1.13. The molecule has 30 valence electrons. The Morgan fingerprint density at radius 1 is 1.20 bits per heavy atom. The fourth-order valence-corrected chi connectivity index (χ4v) is 0. The van der Waals surface area contributed by atoms with Crippen LogP contribution in [0.3, 0.4) is 0 Å². The smallest absolute Gasteiger partial charge is 0.373 e. The van der Waals surface area contributed by atoms with Gasteiger partial charge in [0.25, 0.3) is 0 Å². The molecule has 0 heterocycles. The molecule has 0 aliphatic carbocycles. The van der Waals surface area contributed by atoms with E-state index in [1.807, 2.05) is 0 Å². The van der Waals surface area contributed by atoms with Crippen LogP contribution in [0.25, 0.3) is 0 Å². The van der Waals surface area contributed by atoms with Crippen molar-refractivity contribution in [2.45, 2.75) is 0 Å². The number of hydrogen-bond donors (Lipinski definition) is 0. The second-order valence-corrected chi connectivity index (χ2v) is 0.0833. The summed E-state index contributed by atoms with van der Waals surface area (Å²) in [5, 5.41) is 0. The Hall–Kier alpha value is -0.128. The Morgan fingerprint density at radius 3 is 1.20 bits per heavy atom. The van der Waals surface area contributed by atoms with E-state index in [1.165, 1.54) is 0 Å². The molecular formula is CH5AlO3. The molecule has 0 aliphatic rings. The van der Waals surface area contributed by atoms with Gasteiger partial charge in [0.1, 0.15) is 0 Å². The zero-order valence-corrected chi connectivity index (χ0v) is 1.82. The summed E-state index contributed by atoms with van der Waals surface area (Å²) >= 11 is 0. The van der Waals surface area contributed by atoms with Crippen LogP contribution in [0.15, 0.2) is 0 Å². The van der Waals surface area contributed by atoms with Crippen LogP contribution in [0.5, 0.6) is 0 Å². The first-order valence-corrected chi connectivity index (χ1v) is 0.408. The summed E-state index contributed by atoms with van der Waals surface area (Å²) in [6, 6.07) is 0. The lowest BCUT2D eigenvalue weighted by Crippen LogP contribution is -1.22. The van der Waals surface area contributed by atoms with E-state index in [2.05, 4.69) is 0 Å². The van der Waals surface area contributed by atoms with Crippen LogP contribution in [0.2, 0.25) is 0 Å². The van der Waals surface area contributed by atoms with Gasteiger partial charge in [-0.3, -0.25) is 0 Å². The number of hydrogen-bond acceptors (Lipinski definition) is 2. The lowest BCUT2D eigenvalue weighted by Gasteiger charge is -0.945. The van der Waals surface area contributed by atoms with E-state index < -0.39 is 0 Å². The summed E-state index contributed by atoms with van der Waals surface area (Å²) < 4.78 is 0. The van der Waals surface area contributed by atoms with E-state index in [0.717, 1.165) is 0 Å². The van der Waals surface area contributed by atoms with Crippen molar-refractivity contribution in [3.05, 3.63) is 0 Å². The van der Waals surface area contributed by atoms with E-state index in [4.69, 9.17) is 9.59 Å². The zero-order valence-electron chi connectivity index (χ0n) is 1.82. The predicted molar refractivity (Wildman–Crippen MR) is 18.6 cm³/mol. The van der Waals surface area contributed by atoms with Gasteiger partial charge >= 0.3 is 6.15 Å². The standard InChI is InChI=1S/CO2.Al.H2O.3H/c2-1-3;;;;;/h;;1H2;;;. The van der Waals surface area contributed by atoms with Crippen molar-refractivity contribution in [3.63, 3.8) is 0 Å². The first kappa shape index (κ1) is 20.8. The molecule has 0 amide bonds. The second-order valence-electron chi connectivity index (χ2n) is 0.0833. The van der Waals surface area contributed by atoms with Gasteiger partial charge < -0.3 is 5.48 Å². The van der Waals surface area contributed by atoms with Crippen molar-refractivity contribution in [3.8, 4) is 0 Å². The second kappa shape index (κ2) is 42.0. The Balaban J connectivity index is -0.0000000200. The van der Waals surface area contributed by atoms with Crippen molar-refractivity contribution < 1.29 is 15.1 Å². The molecule has 0 aromatic rings. The van der Waals surface area contributed by atoms with Crippen LogP contribution in [0.1, 0.15) is 0 Å². The Labute approximate surface area is 39.4 Å². The topological polar surface area (TPSA) is 65.6 Å². The van der Waals surface area contributed by atoms with E-state index >= 15 is 0 Å². The minimum atomic E-state index is 0. The predicted octanol–water partition coefficient (Wildman–Crippen LogP) is -2.59. The minimum absolute atomic E-state index is 0. The van der Waals surface area contributed by atoms with E-state index in [9.17, 15) is 0 Å². The van der Waals surface area contributed by atoms with E-state index in [-0.39, 0.29) is 29.0 Å². The molecular weight excluding hydrogens is 87.0 g/mol. The molecule has 4 heteroatoms. The van der Waals surface area contributed by atoms with E-state index in [0.29, 0.717) is 0 Å². The van der Waals surface area contributed by atoms with Gasteiger partial charge in [-0.2, -0.15) is 9.59 Å². The first-order valence-electron chi connectivity index (χ1n) is 0.408. The van der Waals surface area contributed by atoms with Crippen LogP contribution >= 0.6 is 0 Å². The van der Waals surface area contributed by atoms with Gasteiger partial charge in [-0.25, -0.2) is 0 Å². The maximum absolute atomic E-state index is 8.12. The van der Waals surface area contributed by atoms with E-state index in [1.54, 1.807) is 0 Å². The van der Waals surface area contributed by atoms with Crippen LogP contribution in [0.4, 0.5) is 0 Å². The summed E-state index contributed by atoms with van der Waals surface area (Å²) in [6.07, 6.45) is 0.250. The molecule has 0 saturated heterocycles. The molecule has 2 N–H and O–H groups in total.